The molecule has 0 saturated heterocycles. The Hall–Kier alpha value is -2.35. The molecule has 0 aliphatic heterocycles. The summed E-state index contributed by atoms with van der Waals surface area (Å²) >= 11 is 6.15. The number of rotatable bonds is 5. The number of hydrogen-bond acceptors (Lipinski definition) is 4. The zero-order valence-electron chi connectivity index (χ0n) is 14.9. The third kappa shape index (κ3) is 4.16. The highest BCUT2D eigenvalue weighted by Crippen LogP contribution is 2.30. The lowest BCUT2D eigenvalue weighted by Crippen LogP contribution is -2.25. The van der Waals surface area contributed by atoms with Gasteiger partial charge in [-0.25, -0.2) is 13.6 Å². The van der Waals surface area contributed by atoms with Crippen LogP contribution in [0.3, 0.4) is 0 Å². The SMILES string of the molecule is Cc1cc2oc(C(=O)NCCc3ccc(S(N)(=O)=O)cc3)c(C)c2cc1Cl. The molecule has 6 nitrogen and oxygen atoms in total. The first-order valence-electron chi connectivity index (χ1n) is 8.26. The van der Waals surface area contributed by atoms with Crippen LogP contribution in [-0.2, 0) is 16.4 Å². The summed E-state index contributed by atoms with van der Waals surface area (Å²) in [6, 6.07) is 9.85. The molecule has 1 heterocycles. The zero-order valence-corrected chi connectivity index (χ0v) is 16.4. The van der Waals surface area contributed by atoms with Gasteiger partial charge in [0.15, 0.2) is 5.76 Å². The second-order valence-corrected chi connectivity index (χ2v) is 8.32. The molecule has 8 heteroatoms. The molecule has 2 aromatic carbocycles. The molecule has 0 spiro atoms. The van der Waals surface area contributed by atoms with Gasteiger partial charge in [0.25, 0.3) is 5.91 Å². The molecule has 142 valence electrons. The van der Waals surface area contributed by atoms with Gasteiger partial charge >= 0.3 is 0 Å². The number of fused-ring (bicyclic) bond motifs is 1. The summed E-state index contributed by atoms with van der Waals surface area (Å²) in [6.45, 7) is 4.07. The van der Waals surface area contributed by atoms with E-state index < -0.39 is 10.0 Å². The predicted octanol–water partition coefficient (Wildman–Crippen LogP) is 3.32. The van der Waals surface area contributed by atoms with Crippen LogP contribution in [0.5, 0.6) is 0 Å². The summed E-state index contributed by atoms with van der Waals surface area (Å²) in [6.07, 6.45) is 0.543. The van der Waals surface area contributed by atoms with Crippen molar-refractivity contribution < 1.29 is 17.6 Å². The number of benzene rings is 2. The molecular formula is C19H19ClN2O4S. The number of amides is 1. The molecule has 0 fully saturated rings. The van der Waals surface area contributed by atoms with Crippen molar-refractivity contribution in [3.8, 4) is 0 Å². The summed E-state index contributed by atoms with van der Waals surface area (Å²) < 4.78 is 28.2. The van der Waals surface area contributed by atoms with Crippen molar-refractivity contribution in [3.63, 3.8) is 0 Å². The highest BCUT2D eigenvalue weighted by Gasteiger charge is 2.18. The van der Waals surface area contributed by atoms with Crippen LogP contribution in [0, 0.1) is 13.8 Å². The highest BCUT2D eigenvalue weighted by molar-refractivity contribution is 7.89. The monoisotopic (exact) mass is 406 g/mol. The summed E-state index contributed by atoms with van der Waals surface area (Å²) in [5.74, 6) is -0.0464. The number of aryl methyl sites for hydroxylation is 2. The number of hydrogen-bond donors (Lipinski definition) is 2. The zero-order chi connectivity index (χ0) is 19.8. The van der Waals surface area contributed by atoms with Gasteiger partial charge < -0.3 is 9.73 Å². The lowest BCUT2D eigenvalue weighted by atomic mass is 10.1. The normalized spacial score (nSPS) is 11.7. The first kappa shape index (κ1) is 19.4. The molecule has 0 unspecified atom stereocenters. The Kier molecular flexibility index (Phi) is 5.28. The highest BCUT2D eigenvalue weighted by atomic mass is 35.5. The van der Waals surface area contributed by atoms with E-state index in [2.05, 4.69) is 5.32 Å². The van der Waals surface area contributed by atoms with Crippen LogP contribution < -0.4 is 10.5 Å². The maximum Gasteiger partial charge on any atom is 0.287 e. The minimum absolute atomic E-state index is 0.0575. The molecule has 0 atom stereocenters. The van der Waals surface area contributed by atoms with Crippen molar-refractivity contribution in [2.75, 3.05) is 6.54 Å². The summed E-state index contributed by atoms with van der Waals surface area (Å²) in [5, 5.41) is 9.33. The van der Waals surface area contributed by atoms with E-state index in [0.29, 0.717) is 23.6 Å². The summed E-state index contributed by atoms with van der Waals surface area (Å²) in [5.41, 5.74) is 3.12. The smallest absolute Gasteiger partial charge is 0.287 e. The minimum Gasteiger partial charge on any atom is -0.451 e. The maximum atomic E-state index is 12.4. The van der Waals surface area contributed by atoms with E-state index in [4.69, 9.17) is 21.2 Å². The first-order chi connectivity index (χ1) is 12.7. The van der Waals surface area contributed by atoms with Gasteiger partial charge in [0.2, 0.25) is 10.0 Å². The molecule has 3 rings (SSSR count). The van der Waals surface area contributed by atoms with Crippen molar-refractivity contribution in [1.29, 1.82) is 0 Å². The van der Waals surface area contributed by atoms with Gasteiger partial charge in [-0.15, -0.1) is 0 Å². The molecule has 0 bridgehead atoms. The minimum atomic E-state index is -3.70. The molecular weight excluding hydrogens is 388 g/mol. The fourth-order valence-electron chi connectivity index (χ4n) is 2.80. The molecule has 27 heavy (non-hydrogen) atoms. The average molecular weight is 407 g/mol. The van der Waals surface area contributed by atoms with Crippen molar-refractivity contribution in [3.05, 3.63) is 63.9 Å². The van der Waals surface area contributed by atoms with Gasteiger partial charge in [-0.3, -0.25) is 4.79 Å². The van der Waals surface area contributed by atoms with E-state index in [1.807, 2.05) is 19.9 Å². The van der Waals surface area contributed by atoms with E-state index in [1.165, 1.54) is 12.1 Å². The van der Waals surface area contributed by atoms with Crippen molar-refractivity contribution in [2.24, 2.45) is 5.14 Å². The summed E-state index contributed by atoms with van der Waals surface area (Å²) in [7, 11) is -3.70. The fraction of sp³-hybridized carbons (Fsp3) is 0.211. The first-order valence-corrected chi connectivity index (χ1v) is 10.2. The fourth-order valence-corrected chi connectivity index (χ4v) is 3.48. The van der Waals surface area contributed by atoms with E-state index >= 15 is 0 Å². The second-order valence-electron chi connectivity index (χ2n) is 6.35. The average Bonchev–Trinajstić information content (AvgIpc) is 2.91. The standard InChI is InChI=1S/C19H19ClN2O4S/c1-11-9-17-15(10-16(11)20)12(2)18(26-17)19(23)22-8-7-13-3-5-14(6-4-13)27(21,24)25/h3-6,9-10H,7-8H2,1-2H3,(H,22,23)(H2,21,24,25). The second kappa shape index (κ2) is 7.34. The molecule has 3 aromatic rings. The van der Waals surface area contributed by atoms with E-state index in [-0.39, 0.29) is 16.6 Å². The van der Waals surface area contributed by atoms with Crippen LogP contribution in [-0.4, -0.2) is 20.9 Å². The van der Waals surface area contributed by atoms with Crippen LogP contribution in [0.2, 0.25) is 5.02 Å². The topological polar surface area (TPSA) is 102 Å². The Morgan fingerprint density at radius 1 is 1.19 bits per heavy atom. The van der Waals surface area contributed by atoms with Gasteiger partial charge in [0, 0.05) is 22.5 Å². The quantitative estimate of drug-likeness (QED) is 0.678. The van der Waals surface area contributed by atoms with Gasteiger partial charge in [-0.1, -0.05) is 23.7 Å². The Morgan fingerprint density at radius 3 is 2.48 bits per heavy atom. The van der Waals surface area contributed by atoms with Crippen molar-refractivity contribution >= 4 is 38.5 Å². The van der Waals surface area contributed by atoms with Gasteiger partial charge in [-0.2, -0.15) is 0 Å². The van der Waals surface area contributed by atoms with E-state index in [9.17, 15) is 13.2 Å². The molecule has 0 radical (unpaired) electrons. The van der Waals surface area contributed by atoms with E-state index in [1.54, 1.807) is 18.2 Å². The van der Waals surface area contributed by atoms with Crippen LogP contribution in [0.15, 0.2) is 45.7 Å². The molecule has 0 saturated carbocycles. The van der Waals surface area contributed by atoms with Crippen molar-refractivity contribution in [1.82, 2.24) is 5.32 Å². The van der Waals surface area contributed by atoms with Crippen LogP contribution >= 0.6 is 11.6 Å². The predicted molar refractivity (Wildman–Crippen MR) is 105 cm³/mol. The number of nitrogens with two attached hydrogens (primary N) is 1. The molecule has 1 amide bonds. The number of sulfonamides is 1. The van der Waals surface area contributed by atoms with E-state index in [0.717, 1.165) is 22.1 Å². The molecule has 0 aliphatic carbocycles. The van der Waals surface area contributed by atoms with Gasteiger partial charge in [0.1, 0.15) is 5.58 Å². The number of primary sulfonamides is 1. The number of nitrogens with one attached hydrogen (secondary N) is 1. The Bertz CT molecular complexity index is 1120. The van der Waals surface area contributed by atoms with Gasteiger partial charge in [-0.05, 0) is 55.7 Å². The molecule has 0 aliphatic rings. The largest absolute Gasteiger partial charge is 0.451 e. The van der Waals surface area contributed by atoms with Gasteiger partial charge in [0.05, 0.1) is 4.90 Å². The third-order valence-electron chi connectivity index (χ3n) is 4.37. The number of halogens is 1. The molecule has 3 N–H and O–H groups in total. The van der Waals surface area contributed by atoms with Crippen LogP contribution in [0.4, 0.5) is 0 Å². The maximum absolute atomic E-state index is 12.4. The number of furan rings is 1. The lowest BCUT2D eigenvalue weighted by Gasteiger charge is -2.05. The third-order valence-corrected chi connectivity index (χ3v) is 5.71. The summed E-state index contributed by atoms with van der Waals surface area (Å²) in [4.78, 5) is 12.5. The van der Waals surface area contributed by atoms with Crippen LogP contribution in [0.25, 0.3) is 11.0 Å². The number of carbonyl (C=O) groups is 1. The Morgan fingerprint density at radius 2 is 1.85 bits per heavy atom. The van der Waals surface area contributed by atoms with Crippen molar-refractivity contribution in [2.45, 2.75) is 25.2 Å². The molecule has 1 aromatic heterocycles. The number of carbonyl (C=O) groups excluding carboxylic acids is 1. The Balaban J connectivity index is 1.68. The Labute approximate surface area is 162 Å². The lowest BCUT2D eigenvalue weighted by molar-refractivity contribution is 0.0927. The van der Waals surface area contributed by atoms with Crippen LogP contribution in [0.1, 0.15) is 27.2 Å².